The van der Waals surface area contributed by atoms with E-state index in [-0.39, 0.29) is 11.5 Å². The number of benzene rings is 1. The van der Waals surface area contributed by atoms with Crippen LogP contribution in [0.15, 0.2) is 21.5 Å². The van der Waals surface area contributed by atoms with E-state index < -0.39 is 10.0 Å². The number of halogens is 1. The molecular formula is C12H19BrN2O3S2. The van der Waals surface area contributed by atoms with Crippen molar-refractivity contribution in [2.24, 2.45) is 0 Å². The number of aliphatic hydroxyl groups is 1. The second-order valence-electron chi connectivity index (χ2n) is 4.21. The molecule has 0 heterocycles. The molecule has 1 rings (SSSR count). The Bertz CT molecular complexity index is 550. The van der Waals surface area contributed by atoms with E-state index >= 15 is 0 Å². The fraction of sp³-hybridized carbons (Fsp3) is 0.500. The number of sulfonamides is 1. The zero-order valence-electron chi connectivity index (χ0n) is 11.2. The zero-order chi connectivity index (χ0) is 15.2. The Labute approximate surface area is 132 Å². The van der Waals surface area contributed by atoms with Crippen LogP contribution in [0.3, 0.4) is 0 Å². The van der Waals surface area contributed by atoms with E-state index in [0.717, 1.165) is 12.2 Å². The van der Waals surface area contributed by atoms with Gasteiger partial charge >= 0.3 is 0 Å². The number of hydrogen-bond donors (Lipinski definition) is 3. The number of thioether (sulfide) groups is 1. The van der Waals surface area contributed by atoms with Crippen LogP contribution in [0.5, 0.6) is 0 Å². The van der Waals surface area contributed by atoms with Crippen molar-refractivity contribution in [1.82, 2.24) is 4.72 Å². The van der Waals surface area contributed by atoms with Gasteiger partial charge in [-0.2, -0.15) is 11.8 Å². The Morgan fingerprint density at radius 1 is 1.40 bits per heavy atom. The lowest BCUT2D eigenvalue weighted by molar-refractivity contribution is 0.296. The quantitative estimate of drug-likeness (QED) is 0.470. The third-order valence-electron chi connectivity index (χ3n) is 2.64. The van der Waals surface area contributed by atoms with Gasteiger partial charge in [0.1, 0.15) is 0 Å². The van der Waals surface area contributed by atoms with Crippen molar-refractivity contribution in [3.63, 3.8) is 0 Å². The van der Waals surface area contributed by atoms with Crippen LogP contribution in [0.1, 0.15) is 12.0 Å². The summed E-state index contributed by atoms with van der Waals surface area (Å²) in [4.78, 5) is 0.199. The minimum Gasteiger partial charge on any atom is -0.398 e. The maximum absolute atomic E-state index is 12.2. The van der Waals surface area contributed by atoms with Gasteiger partial charge in [-0.25, -0.2) is 13.1 Å². The molecule has 0 saturated carbocycles. The molecule has 0 fully saturated rings. The van der Waals surface area contributed by atoms with Gasteiger partial charge in [0.2, 0.25) is 10.0 Å². The summed E-state index contributed by atoms with van der Waals surface area (Å²) in [6.45, 7) is 2.20. The highest BCUT2D eigenvalue weighted by Crippen LogP contribution is 2.26. The molecule has 0 saturated heterocycles. The Balaban J connectivity index is 2.65. The predicted octanol–water partition coefficient (Wildman–Crippen LogP) is 1.73. The number of nitrogen functional groups attached to an aromatic ring is 1. The Morgan fingerprint density at radius 3 is 2.75 bits per heavy atom. The molecular weight excluding hydrogens is 364 g/mol. The lowest BCUT2D eigenvalue weighted by Crippen LogP contribution is -2.27. The van der Waals surface area contributed by atoms with Gasteiger partial charge in [-0.3, -0.25) is 0 Å². The molecule has 1 aromatic rings. The summed E-state index contributed by atoms with van der Waals surface area (Å²) in [6.07, 6.45) is 0.721. The number of aliphatic hydroxyl groups excluding tert-OH is 1. The van der Waals surface area contributed by atoms with Crippen molar-refractivity contribution in [2.75, 3.05) is 30.4 Å². The van der Waals surface area contributed by atoms with Crippen LogP contribution in [0.4, 0.5) is 5.69 Å². The standard InChI is InChI=1S/C12H19BrN2O3S2/c1-9-11(14)7-10(13)8-12(9)20(17,18)15-3-6-19-5-2-4-16/h7-8,15-16H,2-6,14H2,1H3. The molecule has 0 aliphatic rings. The van der Waals surface area contributed by atoms with Gasteiger partial charge in [0, 0.05) is 29.1 Å². The maximum atomic E-state index is 12.2. The van der Waals surface area contributed by atoms with E-state index in [1.54, 1.807) is 30.8 Å². The smallest absolute Gasteiger partial charge is 0.240 e. The number of hydrogen-bond acceptors (Lipinski definition) is 5. The van der Waals surface area contributed by atoms with Gasteiger partial charge in [0.15, 0.2) is 0 Å². The zero-order valence-corrected chi connectivity index (χ0v) is 14.4. The first kappa shape index (κ1) is 17.8. The summed E-state index contributed by atoms with van der Waals surface area (Å²) in [5, 5.41) is 8.64. The van der Waals surface area contributed by atoms with E-state index in [2.05, 4.69) is 20.7 Å². The van der Waals surface area contributed by atoms with Crippen molar-refractivity contribution in [2.45, 2.75) is 18.2 Å². The highest BCUT2D eigenvalue weighted by molar-refractivity contribution is 9.10. The molecule has 5 nitrogen and oxygen atoms in total. The lowest BCUT2D eigenvalue weighted by atomic mass is 10.2. The van der Waals surface area contributed by atoms with Crippen LogP contribution in [-0.2, 0) is 10.0 Å². The largest absolute Gasteiger partial charge is 0.398 e. The summed E-state index contributed by atoms with van der Waals surface area (Å²) in [5.74, 6) is 1.49. The fourth-order valence-electron chi connectivity index (χ4n) is 1.55. The van der Waals surface area contributed by atoms with Gasteiger partial charge in [0.25, 0.3) is 0 Å². The summed E-state index contributed by atoms with van der Waals surface area (Å²) < 4.78 is 27.6. The molecule has 8 heteroatoms. The van der Waals surface area contributed by atoms with Gasteiger partial charge in [-0.05, 0) is 36.8 Å². The monoisotopic (exact) mass is 382 g/mol. The molecule has 20 heavy (non-hydrogen) atoms. The topological polar surface area (TPSA) is 92.4 Å². The second-order valence-corrected chi connectivity index (χ2v) is 8.08. The van der Waals surface area contributed by atoms with Crippen molar-refractivity contribution < 1.29 is 13.5 Å². The van der Waals surface area contributed by atoms with Crippen molar-refractivity contribution >= 4 is 43.4 Å². The van der Waals surface area contributed by atoms with Crippen molar-refractivity contribution in [3.05, 3.63) is 22.2 Å². The molecule has 114 valence electrons. The minimum atomic E-state index is -3.55. The highest BCUT2D eigenvalue weighted by atomic mass is 79.9. The predicted molar refractivity (Wildman–Crippen MR) is 87.5 cm³/mol. The average molecular weight is 383 g/mol. The lowest BCUT2D eigenvalue weighted by Gasteiger charge is -2.11. The molecule has 1 aromatic carbocycles. The van der Waals surface area contributed by atoms with Crippen LogP contribution in [0, 0.1) is 6.92 Å². The van der Waals surface area contributed by atoms with E-state index in [4.69, 9.17) is 10.8 Å². The van der Waals surface area contributed by atoms with Crippen LogP contribution in [-0.4, -0.2) is 38.2 Å². The first-order valence-corrected chi connectivity index (χ1v) is 9.55. The van der Waals surface area contributed by atoms with Crippen molar-refractivity contribution in [1.29, 1.82) is 0 Å². The second kappa shape index (κ2) is 8.23. The normalized spacial score (nSPS) is 11.8. The SMILES string of the molecule is Cc1c(N)cc(Br)cc1S(=O)(=O)NCCSCCCO. The van der Waals surface area contributed by atoms with Crippen LogP contribution >= 0.6 is 27.7 Å². The third-order valence-corrected chi connectivity index (χ3v) is 5.75. The van der Waals surface area contributed by atoms with Crippen LogP contribution in [0.25, 0.3) is 0 Å². The van der Waals surface area contributed by atoms with Gasteiger partial charge in [-0.15, -0.1) is 0 Å². The summed E-state index contributed by atoms with van der Waals surface area (Å²) in [5.41, 5.74) is 6.77. The third kappa shape index (κ3) is 5.25. The van der Waals surface area contributed by atoms with E-state index in [9.17, 15) is 8.42 Å². The summed E-state index contributed by atoms with van der Waals surface area (Å²) >= 11 is 4.85. The minimum absolute atomic E-state index is 0.162. The molecule has 0 bridgehead atoms. The molecule has 0 unspecified atom stereocenters. The summed E-state index contributed by atoms with van der Waals surface area (Å²) in [7, 11) is -3.55. The maximum Gasteiger partial charge on any atom is 0.240 e. The number of anilines is 1. The molecule has 0 atom stereocenters. The Kier molecular flexibility index (Phi) is 7.32. The molecule has 0 spiro atoms. The fourth-order valence-corrected chi connectivity index (χ4v) is 4.42. The molecule has 0 aromatic heterocycles. The molecule has 0 radical (unpaired) electrons. The van der Waals surface area contributed by atoms with E-state index in [1.165, 1.54) is 0 Å². The number of nitrogens with two attached hydrogens (primary N) is 1. The average Bonchev–Trinajstić information content (AvgIpc) is 2.37. The van der Waals surface area contributed by atoms with E-state index in [1.807, 2.05) is 0 Å². The molecule has 0 aliphatic heterocycles. The highest BCUT2D eigenvalue weighted by Gasteiger charge is 2.18. The van der Waals surface area contributed by atoms with Crippen molar-refractivity contribution in [3.8, 4) is 0 Å². The first-order chi connectivity index (χ1) is 9.38. The first-order valence-electron chi connectivity index (χ1n) is 6.12. The summed E-state index contributed by atoms with van der Waals surface area (Å²) in [6, 6.07) is 3.23. The molecule has 0 amide bonds. The van der Waals surface area contributed by atoms with Crippen LogP contribution in [0.2, 0.25) is 0 Å². The van der Waals surface area contributed by atoms with Crippen LogP contribution < -0.4 is 10.5 Å². The Morgan fingerprint density at radius 2 is 2.10 bits per heavy atom. The Hall–Kier alpha value is -0.280. The van der Waals surface area contributed by atoms with Gasteiger partial charge in [-0.1, -0.05) is 15.9 Å². The molecule has 4 N–H and O–H groups in total. The van der Waals surface area contributed by atoms with Gasteiger partial charge in [0.05, 0.1) is 4.90 Å². The molecule has 0 aliphatic carbocycles. The number of rotatable bonds is 8. The number of nitrogens with one attached hydrogen (secondary N) is 1. The van der Waals surface area contributed by atoms with E-state index in [0.29, 0.717) is 28.0 Å². The van der Waals surface area contributed by atoms with Gasteiger partial charge < -0.3 is 10.8 Å².